The topological polar surface area (TPSA) is 68.3 Å². The van der Waals surface area contributed by atoms with Gasteiger partial charge in [-0.25, -0.2) is 4.79 Å². The molecule has 0 radical (unpaired) electrons. The van der Waals surface area contributed by atoms with E-state index in [4.69, 9.17) is 14.2 Å². The number of esters is 2. The Morgan fingerprint density at radius 3 is 2.24 bits per heavy atom. The van der Waals surface area contributed by atoms with Gasteiger partial charge in [-0.3, -0.25) is 9.69 Å². The third kappa shape index (κ3) is 8.26. The second-order valence-electron chi connectivity index (χ2n) is 7.69. The lowest BCUT2D eigenvalue weighted by molar-refractivity contribution is -0.131. The van der Waals surface area contributed by atoms with E-state index in [1.54, 1.807) is 12.1 Å². The molecule has 1 aliphatic heterocycles. The number of anilines is 1. The Morgan fingerprint density at radius 2 is 1.58 bits per heavy atom. The van der Waals surface area contributed by atoms with E-state index in [0.717, 1.165) is 57.0 Å². The molecule has 1 heterocycles. The number of carbonyl (C=O) groups excluding carboxylic acids is 2. The van der Waals surface area contributed by atoms with Crippen molar-refractivity contribution in [2.24, 2.45) is 0 Å². The number of nitrogens with zero attached hydrogens (tertiary/aromatic N) is 2. The largest absolute Gasteiger partial charge is 0.494 e. The van der Waals surface area contributed by atoms with Crippen molar-refractivity contribution in [3.05, 3.63) is 54.1 Å². The molecular formula is C25H33ClN2O5. The number of ether oxygens (including phenoxy) is 3. The first kappa shape index (κ1) is 26.5. The van der Waals surface area contributed by atoms with Gasteiger partial charge in [-0.2, -0.15) is 0 Å². The Labute approximate surface area is 202 Å². The summed E-state index contributed by atoms with van der Waals surface area (Å²) < 4.78 is 16.0. The number of para-hydroxylation sites is 1. The average molecular weight is 477 g/mol. The lowest BCUT2D eigenvalue weighted by atomic mass is 10.1. The van der Waals surface area contributed by atoms with Crippen LogP contribution in [0.5, 0.6) is 11.5 Å². The van der Waals surface area contributed by atoms with Crippen LogP contribution in [0, 0.1) is 0 Å². The second kappa shape index (κ2) is 13.7. The Bertz CT molecular complexity index is 883. The van der Waals surface area contributed by atoms with Crippen molar-refractivity contribution in [3.63, 3.8) is 0 Å². The summed E-state index contributed by atoms with van der Waals surface area (Å²) >= 11 is 0. The highest BCUT2D eigenvalue weighted by atomic mass is 35.5. The zero-order valence-electron chi connectivity index (χ0n) is 19.3. The predicted octanol–water partition coefficient (Wildman–Crippen LogP) is 4.19. The van der Waals surface area contributed by atoms with Crippen LogP contribution >= 0.6 is 12.4 Å². The molecule has 3 rings (SSSR count). The van der Waals surface area contributed by atoms with Crippen molar-refractivity contribution in [2.45, 2.75) is 26.7 Å². The fourth-order valence-corrected chi connectivity index (χ4v) is 3.74. The average Bonchev–Trinajstić information content (AvgIpc) is 2.80. The molecule has 0 aliphatic carbocycles. The van der Waals surface area contributed by atoms with Crippen molar-refractivity contribution in [2.75, 3.05) is 50.8 Å². The van der Waals surface area contributed by atoms with Crippen LogP contribution in [0.25, 0.3) is 0 Å². The normalized spacial score (nSPS) is 13.7. The minimum absolute atomic E-state index is 0. The van der Waals surface area contributed by atoms with Gasteiger partial charge < -0.3 is 19.1 Å². The van der Waals surface area contributed by atoms with E-state index < -0.39 is 0 Å². The Morgan fingerprint density at radius 1 is 0.909 bits per heavy atom. The minimum Gasteiger partial charge on any atom is -0.494 e. The van der Waals surface area contributed by atoms with Crippen LogP contribution in [0.4, 0.5) is 5.69 Å². The number of rotatable bonds is 10. The fourth-order valence-electron chi connectivity index (χ4n) is 3.74. The van der Waals surface area contributed by atoms with Gasteiger partial charge in [0, 0.05) is 33.1 Å². The lowest BCUT2D eigenvalue weighted by Gasteiger charge is -2.36. The first-order valence-corrected chi connectivity index (χ1v) is 11.2. The van der Waals surface area contributed by atoms with E-state index in [1.165, 1.54) is 6.92 Å². The van der Waals surface area contributed by atoms with Gasteiger partial charge in [0.2, 0.25) is 0 Å². The van der Waals surface area contributed by atoms with Gasteiger partial charge >= 0.3 is 11.9 Å². The number of hydrogen-bond donors (Lipinski definition) is 0. The summed E-state index contributed by atoms with van der Waals surface area (Å²) in [6.07, 6.45) is 2.03. The van der Waals surface area contributed by atoms with Crippen LogP contribution in [-0.2, 0) is 9.53 Å². The number of benzene rings is 2. The molecule has 180 valence electrons. The van der Waals surface area contributed by atoms with Crippen LogP contribution in [0.2, 0.25) is 0 Å². The summed E-state index contributed by atoms with van der Waals surface area (Å²) in [5, 5.41) is 0. The molecule has 0 aromatic heterocycles. The Hall–Kier alpha value is -2.77. The highest BCUT2D eigenvalue weighted by Crippen LogP contribution is 2.23. The van der Waals surface area contributed by atoms with Gasteiger partial charge in [0.1, 0.15) is 11.5 Å². The molecule has 1 saturated heterocycles. The highest BCUT2D eigenvalue weighted by molar-refractivity contribution is 5.95. The predicted molar refractivity (Wildman–Crippen MR) is 131 cm³/mol. The van der Waals surface area contributed by atoms with Gasteiger partial charge in [0.05, 0.1) is 24.5 Å². The zero-order chi connectivity index (χ0) is 22.8. The van der Waals surface area contributed by atoms with Crippen molar-refractivity contribution < 1.29 is 23.8 Å². The van der Waals surface area contributed by atoms with Gasteiger partial charge in [-0.1, -0.05) is 12.1 Å². The summed E-state index contributed by atoms with van der Waals surface area (Å²) in [5.74, 6) is 0.706. The van der Waals surface area contributed by atoms with E-state index >= 15 is 0 Å². The van der Waals surface area contributed by atoms with Crippen LogP contribution in [0.3, 0.4) is 0 Å². The first-order valence-electron chi connectivity index (χ1n) is 11.2. The van der Waals surface area contributed by atoms with Gasteiger partial charge in [0.15, 0.2) is 0 Å². The van der Waals surface area contributed by atoms with Crippen LogP contribution in [-0.4, -0.2) is 62.8 Å². The van der Waals surface area contributed by atoms with E-state index in [9.17, 15) is 9.59 Å². The van der Waals surface area contributed by atoms with Gasteiger partial charge in [0.25, 0.3) is 0 Å². The number of hydrogen-bond acceptors (Lipinski definition) is 7. The molecule has 0 saturated carbocycles. The van der Waals surface area contributed by atoms with E-state index in [1.807, 2.05) is 43.3 Å². The van der Waals surface area contributed by atoms with Gasteiger partial charge in [-0.15, -0.1) is 12.4 Å². The van der Waals surface area contributed by atoms with Crippen molar-refractivity contribution in [1.29, 1.82) is 0 Å². The number of halogens is 1. The summed E-state index contributed by atoms with van der Waals surface area (Å²) in [4.78, 5) is 27.9. The maximum absolute atomic E-state index is 12.2. The van der Waals surface area contributed by atoms with Crippen LogP contribution < -0.4 is 14.4 Å². The summed E-state index contributed by atoms with van der Waals surface area (Å²) in [6, 6.07) is 14.8. The molecule has 8 heteroatoms. The Balaban J connectivity index is 0.00000385. The van der Waals surface area contributed by atoms with Gasteiger partial charge in [-0.05, 0) is 62.7 Å². The quantitative estimate of drug-likeness (QED) is 0.289. The summed E-state index contributed by atoms with van der Waals surface area (Å²) in [6.45, 7) is 8.99. The third-order valence-corrected chi connectivity index (χ3v) is 5.34. The Kier molecular flexibility index (Phi) is 11.0. The lowest BCUT2D eigenvalue weighted by Crippen LogP contribution is -2.47. The second-order valence-corrected chi connectivity index (χ2v) is 7.69. The van der Waals surface area contributed by atoms with E-state index in [2.05, 4.69) is 9.80 Å². The number of piperazine rings is 1. The SMILES string of the molecule is CCOC(=O)c1ccccc1N1CCN(CCCCOc2ccc(OC(C)=O)cc2)CC1.Cl. The summed E-state index contributed by atoms with van der Waals surface area (Å²) in [5.41, 5.74) is 1.60. The molecule has 2 aromatic carbocycles. The molecule has 1 fully saturated rings. The number of carbonyl (C=O) groups is 2. The van der Waals surface area contributed by atoms with E-state index in [-0.39, 0.29) is 24.3 Å². The smallest absolute Gasteiger partial charge is 0.340 e. The molecule has 0 unspecified atom stereocenters. The molecule has 0 atom stereocenters. The molecule has 0 amide bonds. The van der Waals surface area contributed by atoms with E-state index in [0.29, 0.717) is 24.5 Å². The molecule has 7 nitrogen and oxygen atoms in total. The summed E-state index contributed by atoms with van der Waals surface area (Å²) in [7, 11) is 0. The maximum atomic E-state index is 12.2. The molecule has 2 aromatic rings. The van der Waals surface area contributed by atoms with Crippen LogP contribution in [0.1, 0.15) is 37.0 Å². The van der Waals surface area contributed by atoms with Crippen molar-refractivity contribution >= 4 is 30.0 Å². The molecule has 1 aliphatic rings. The van der Waals surface area contributed by atoms with Crippen molar-refractivity contribution in [3.8, 4) is 11.5 Å². The molecule has 0 N–H and O–H groups in total. The minimum atomic E-state index is -0.331. The fraction of sp³-hybridized carbons (Fsp3) is 0.440. The number of unbranched alkanes of at least 4 members (excludes halogenated alkanes) is 1. The van der Waals surface area contributed by atoms with Crippen molar-refractivity contribution in [1.82, 2.24) is 4.90 Å². The maximum Gasteiger partial charge on any atom is 0.340 e. The standard InChI is InChI=1S/C25H32N2O5.ClH/c1-3-30-25(29)23-8-4-5-9-24(23)27-17-15-26(16-18-27)14-6-7-19-31-21-10-12-22(13-11-21)32-20(2)28;/h4-5,8-13H,3,6-7,14-19H2,1-2H3;1H. The molecule has 0 spiro atoms. The van der Waals surface area contributed by atoms with Crippen LogP contribution in [0.15, 0.2) is 48.5 Å². The molecule has 33 heavy (non-hydrogen) atoms. The molecule has 0 bridgehead atoms. The zero-order valence-corrected chi connectivity index (χ0v) is 20.1. The first-order chi connectivity index (χ1) is 15.6. The monoisotopic (exact) mass is 476 g/mol. The third-order valence-electron chi connectivity index (χ3n) is 5.34. The molecular weight excluding hydrogens is 444 g/mol. The highest BCUT2D eigenvalue weighted by Gasteiger charge is 2.21.